The zero-order chi connectivity index (χ0) is 35.1. The van der Waals surface area contributed by atoms with E-state index >= 15 is 0 Å². The van der Waals surface area contributed by atoms with Crippen LogP contribution in [0.4, 0.5) is 0 Å². The van der Waals surface area contributed by atoms with Crippen LogP contribution in [0.25, 0.3) is 71.4 Å². The molecule has 9 aromatic rings. The van der Waals surface area contributed by atoms with Crippen molar-refractivity contribution in [1.82, 2.24) is 10.6 Å². The van der Waals surface area contributed by atoms with Crippen molar-refractivity contribution < 1.29 is 4.42 Å². The van der Waals surface area contributed by atoms with E-state index in [2.05, 4.69) is 199 Å². The second kappa shape index (κ2) is 13.4. The highest BCUT2D eigenvalue weighted by Crippen LogP contribution is 2.43. The van der Waals surface area contributed by atoms with Crippen molar-refractivity contribution >= 4 is 32.7 Å². The second-order valence-corrected chi connectivity index (χ2v) is 13.8. The van der Waals surface area contributed by atoms with E-state index in [0.29, 0.717) is 0 Å². The predicted octanol–water partition coefficient (Wildman–Crippen LogP) is 12.7. The minimum atomic E-state index is -0.231. The summed E-state index contributed by atoms with van der Waals surface area (Å²) in [6.07, 6.45) is -0.644. The third kappa shape index (κ3) is 5.89. The fraction of sp³-hybridized carbons (Fsp3) is 0.0612. The van der Waals surface area contributed by atoms with Crippen LogP contribution in [0.15, 0.2) is 192 Å². The molecule has 53 heavy (non-hydrogen) atoms. The van der Waals surface area contributed by atoms with E-state index in [9.17, 15) is 0 Å². The lowest BCUT2D eigenvalue weighted by molar-refractivity contribution is 0.316. The van der Waals surface area contributed by atoms with Crippen LogP contribution in [0.1, 0.15) is 35.2 Å². The summed E-state index contributed by atoms with van der Waals surface area (Å²) in [4.78, 5) is 0. The van der Waals surface area contributed by atoms with Gasteiger partial charge >= 0.3 is 0 Å². The Morgan fingerprint density at radius 1 is 0.377 bits per heavy atom. The molecule has 4 heteroatoms. The second-order valence-electron chi connectivity index (χ2n) is 13.8. The Morgan fingerprint density at radius 2 is 0.906 bits per heavy atom. The maximum Gasteiger partial charge on any atom is 0.143 e. The number of benzene rings is 8. The monoisotopic (exact) mass is 682 g/mol. The number of rotatable bonds is 6. The molecule has 0 bridgehead atoms. The van der Waals surface area contributed by atoms with Gasteiger partial charge in [0.25, 0.3) is 0 Å². The summed E-state index contributed by atoms with van der Waals surface area (Å²) in [6, 6.07) is 66.6. The molecule has 1 aliphatic heterocycles. The van der Waals surface area contributed by atoms with Gasteiger partial charge in [-0.1, -0.05) is 193 Å². The summed E-state index contributed by atoms with van der Waals surface area (Å²) in [6.45, 7) is 0. The molecule has 2 heterocycles. The molecule has 0 spiro atoms. The van der Waals surface area contributed by atoms with Crippen LogP contribution in [-0.4, -0.2) is 0 Å². The Kier molecular flexibility index (Phi) is 7.92. The molecule has 8 aromatic carbocycles. The summed E-state index contributed by atoms with van der Waals surface area (Å²) in [5, 5.41) is 17.5. The predicted molar refractivity (Wildman–Crippen MR) is 218 cm³/mol. The fourth-order valence-corrected chi connectivity index (χ4v) is 7.76. The van der Waals surface area contributed by atoms with Gasteiger partial charge in [-0.05, 0) is 57.0 Å². The molecule has 1 saturated heterocycles. The zero-order valence-electron chi connectivity index (χ0n) is 29.0. The van der Waals surface area contributed by atoms with Gasteiger partial charge in [0.2, 0.25) is 0 Å². The highest BCUT2D eigenvalue weighted by molar-refractivity contribution is 6.17. The van der Waals surface area contributed by atoms with Crippen LogP contribution in [0.2, 0.25) is 0 Å². The lowest BCUT2D eigenvalue weighted by Gasteiger charge is -2.50. The summed E-state index contributed by atoms with van der Waals surface area (Å²) in [7, 11) is 0. The molecule has 0 saturated carbocycles. The van der Waals surface area contributed by atoms with E-state index in [4.69, 9.17) is 9.73 Å². The smallest absolute Gasteiger partial charge is 0.143 e. The van der Waals surface area contributed by atoms with E-state index in [0.717, 1.165) is 60.5 Å². The van der Waals surface area contributed by atoms with Gasteiger partial charge in [-0.15, -0.1) is 0 Å². The molecule has 0 radical (unpaired) electrons. The van der Waals surface area contributed by atoms with Gasteiger partial charge in [0.15, 0.2) is 0 Å². The number of fused-ring (bicyclic) bond motifs is 5. The first-order valence-corrected chi connectivity index (χ1v) is 18.2. The number of hydrogen-bond acceptors (Lipinski definition) is 3. The van der Waals surface area contributed by atoms with E-state index in [1.54, 1.807) is 0 Å². The Bertz CT molecular complexity index is 2690. The zero-order valence-corrected chi connectivity index (χ0v) is 29.0. The van der Waals surface area contributed by atoms with E-state index in [1.165, 1.54) is 22.3 Å². The standard InChI is InChI=1S/C49H36N3O/c1-4-12-32(13-5-1)34-20-24-37(25-21-34)43-30-40(31-44-42-29-28-36-16-10-11-19-41(36)45(42)53-46(43)44)49-51-47(38-17-8-3-9-18-38)50-48(52-49)39-26-22-35(23-27-39)33-14-6-2-7-15-33/h1-31,47-49,51-52H/q-1. The molecule has 3 atom stereocenters. The van der Waals surface area contributed by atoms with Crippen LogP contribution < -0.4 is 10.6 Å². The van der Waals surface area contributed by atoms with Gasteiger partial charge in [0.1, 0.15) is 11.2 Å². The molecule has 2 N–H and O–H groups in total. The number of nitrogens with one attached hydrogen (secondary N) is 2. The molecule has 4 nitrogen and oxygen atoms in total. The third-order valence-electron chi connectivity index (χ3n) is 10.5. The third-order valence-corrected chi connectivity index (χ3v) is 10.5. The first kappa shape index (κ1) is 31.4. The topological polar surface area (TPSA) is 51.3 Å². The van der Waals surface area contributed by atoms with E-state index in [-0.39, 0.29) is 18.5 Å². The Labute approximate surface area is 308 Å². The quantitative estimate of drug-likeness (QED) is 0.184. The molecular formula is C49H36N3O-. The minimum absolute atomic E-state index is 0.200. The Morgan fingerprint density at radius 3 is 1.57 bits per heavy atom. The largest absolute Gasteiger partial charge is 0.624 e. The molecular weight excluding hydrogens is 647 g/mol. The minimum Gasteiger partial charge on any atom is -0.624 e. The molecule has 1 fully saturated rings. The molecule has 1 aromatic heterocycles. The normalized spacial score (nSPS) is 17.4. The average molecular weight is 683 g/mol. The van der Waals surface area contributed by atoms with Crippen molar-refractivity contribution in [3.63, 3.8) is 0 Å². The lowest BCUT2D eigenvalue weighted by Crippen LogP contribution is -2.44. The Hall–Kier alpha value is -6.30. The van der Waals surface area contributed by atoms with Gasteiger partial charge < -0.3 is 20.4 Å². The van der Waals surface area contributed by atoms with Gasteiger partial charge in [0.05, 0.1) is 6.17 Å². The molecule has 3 unspecified atom stereocenters. The molecule has 0 aliphatic carbocycles. The highest BCUT2D eigenvalue weighted by Gasteiger charge is 2.25. The summed E-state index contributed by atoms with van der Waals surface area (Å²) in [5.41, 5.74) is 12.1. The maximum absolute atomic E-state index is 6.88. The molecule has 1 aliphatic rings. The van der Waals surface area contributed by atoms with Crippen molar-refractivity contribution in [3.8, 4) is 33.4 Å². The van der Waals surface area contributed by atoms with Gasteiger partial charge in [-0.25, -0.2) is 0 Å². The van der Waals surface area contributed by atoms with Crippen LogP contribution >= 0.6 is 0 Å². The van der Waals surface area contributed by atoms with Crippen LogP contribution in [-0.2, 0) is 0 Å². The molecule has 254 valence electrons. The average Bonchev–Trinajstić information content (AvgIpc) is 3.64. The van der Waals surface area contributed by atoms with Crippen molar-refractivity contribution in [1.29, 1.82) is 0 Å². The van der Waals surface area contributed by atoms with Crippen molar-refractivity contribution in [2.75, 3.05) is 0 Å². The summed E-state index contributed by atoms with van der Waals surface area (Å²) in [5.74, 6) is 0. The van der Waals surface area contributed by atoms with Crippen molar-refractivity contribution in [2.45, 2.75) is 18.5 Å². The molecule has 10 rings (SSSR count). The van der Waals surface area contributed by atoms with E-state index in [1.807, 2.05) is 0 Å². The van der Waals surface area contributed by atoms with Gasteiger partial charge in [-0.2, -0.15) is 0 Å². The number of furan rings is 1. The highest BCUT2D eigenvalue weighted by atomic mass is 16.3. The van der Waals surface area contributed by atoms with Crippen molar-refractivity contribution in [2.24, 2.45) is 0 Å². The van der Waals surface area contributed by atoms with Crippen LogP contribution in [0.3, 0.4) is 0 Å². The lowest BCUT2D eigenvalue weighted by atomic mass is 9.95. The maximum atomic E-state index is 6.88. The van der Waals surface area contributed by atoms with Crippen molar-refractivity contribution in [3.05, 3.63) is 210 Å². The fourth-order valence-electron chi connectivity index (χ4n) is 7.76. The van der Waals surface area contributed by atoms with Gasteiger partial charge in [-0.3, -0.25) is 0 Å². The summed E-state index contributed by atoms with van der Waals surface area (Å²) >= 11 is 0. The van der Waals surface area contributed by atoms with Gasteiger partial charge in [0, 0.05) is 21.7 Å². The SMILES string of the molecule is c1ccc(-c2ccc(-c3cc(C4NC(c5ccccc5)[N-]C(c5ccc(-c6ccccc6)cc5)N4)cc4c3oc3c5ccccc5ccc43)cc2)cc1. The summed E-state index contributed by atoms with van der Waals surface area (Å²) < 4.78 is 6.88. The molecule has 0 amide bonds. The van der Waals surface area contributed by atoms with Crippen LogP contribution in [0.5, 0.6) is 0 Å². The number of nitrogens with zero attached hydrogens (tertiary/aromatic N) is 1. The van der Waals surface area contributed by atoms with Crippen LogP contribution in [0, 0.1) is 0 Å². The van der Waals surface area contributed by atoms with E-state index < -0.39 is 0 Å². The first-order chi connectivity index (χ1) is 26.2. The number of hydrogen-bond donors (Lipinski definition) is 2. The Balaban J connectivity index is 1.11. The first-order valence-electron chi connectivity index (χ1n) is 18.2.